The molecule has 3 nitrogen and oxygen atoms in total. The summed E-state index contributed by atoms with van der Waals surface area (Å²) < 4.78 is 7.57. The topological polar surface area (TPSA) is 28.9 Å². The largest absolute Gasteiger partial charge is 1.00 e. The van der Waals surface area contributed by atoms with E-state index < -0.39 is 0 Å². The van der Waals surface area contributed by atoms with Crippen molar-refractivity contribution in [1.82, 2.24) is 4.98 Å². The number of H-pyrrole nitrogens is 1. The zero-order valence-electron chi connectivity index (χ0n) is 17.3. The molecule has 0 bridgehead atoms. The molecule has 31 heavy (non-hydrogen) atoms. The van der Waals surface area contributed by atoms with Gasteiger partial charge in [-0.2, -0.15) is 4.57 Å². The third-order valence-corrected chi connectivity index (χ3v) is 5.48. The average Bonchev–Trinajstić information content (AvgIpc) is 3.18. The normalized spacial score (nSPS) is 11.1. The maximum Gasteiger partial charge on any atom is 0.229 e. The Morgan fingerprint density at radius 2 is 1.55 bits per heavy atom. The summed E-state index contributed by atoms with van der Waals surface area (Å²) in [7, 11) is 1.69. The van der Waals surface area contributed by atoms with Crippen LogP contribution >= 0.6 is 0 Å². The third kappa shape index (κ3) is 4.25. The molecule has 0 amide bonds. The monoisotopic (exact) mass is 470 g/mol. The highest BCUT2D eigenvalue weighted by Crippen LogP contribution is 2.27. The van der Waals surface area contributed by atoms with Crippen LogP contribution in [0.4, 0.5) is 0 Å². The molecule has 3 aromatic carbocycles. The predicted octanol–water partition coefficient (Wildman–Crippen LogP) is 2.84. The molecule has 1 N–H and O–H groups in total. The van der Waals surface area contributed by atoms with E-state index >= 15 is 0 Å². The summed E-state index contributed by atoms with van der Waals surface area (Å²) in [4.78, 5) is 3.64. The van der Waals surface area contributed by atoms with Crippen molar-refractivity contribution in [3.8, 4) is 5.75 Å². The van der Waals surface area contributed by atoms with E-state index in [0.29, 0.717) is 0 Å². The molecule has 0 saturated carbocycles. The number of rotatable bonds is 5. The number of benzene rings is 3. The fraction of sp³-hybridized carbons (Fsp3) is 0.0741. The molecule has 0 atom stereocenters. The van der Waals surface area contributed by atoms with Crippen LogP contribution in [0.25, 0.3) is 34.0 Å². The number of hydrogen-bond acceptors (Lipinski definition) is 1. The lowest BCUT2D eigenvalue weighted by atomic mass is 10.1. The fourth-order valence-electron chi connectivity index (χ4n) is 3.91. The first-order chi connectivity index (χ1) is 14.8. The van der Waals surface area contributed by atoms with Gasteiger partial charge in [-0.25, -0.2) is 0 Å². The van der Waals surface area contributed by atoms with Gasteiger partial charge >= 0.3 is 0 Å². The summed E-state index contributed by atoms with van der Waals surface area (Å²) in [6, 6.07) is 29.4. The quantitative estimate of drug-likeness (QED) is 0.393. The van der Waals surface area contributed by atoms with Crippen LogP contribution in [0, 0.1) is 0 Å². The van der Waals surface area contributed by atoms with E-state index in [9.17, 15) is 0 Å². The number of para-hydroxylation sites is 1. The van der Waals surface area contributed by atoms with Crippen molar-refractivity contribution in [2.45, 2.75) is 6.54 Å². The average molecular weight is 471 g/mol. The Morgan fingerprint density at radius 3 is 2.32 bits per heavy atom. The minimum atomic E-state index is 0. The summed E-state index contributed by atoms with van der Waals surface area (Å²) in [6.45, 7) is 0.814. The van der Waals surface area contributed by atoms with Crippen molar-refractivity contribution in [2.75, 3.05) is 7.11 Å². The Morgan fingerprint density at radius 1 is 0.806 bits per heavy atom. The van der Waals surface area contributed by atoms with E-state index in [1.165, 1.54) is 16.3 Å². The van der Waals surface area contributed by atoms with Crippen molar-refractivity contribution < 1.29 is 26.3 Å². The Bertz CT molecular complexity index is 1340. The highest BCUT2D eigenvalue weighted by atomic mass is 79.9. The summed E-state index contributed by atoms with van der Waals surface area (Å²) >= 11 is 0. The SMILES string of the molecule is COc1ccc(/C=C/c2c3[nH]c4ccccc4c3cc[n+]2Cc2ccccc2)cc1.[Br-]. The van der Waals surface area contributed by atoms with Gasteiger partial charge in [0.15, 0.2) is 12.7 Å². The van der Waals surface area contributed by atoms with Gasteiger partial charge in [0, 0.05) is 34.0 Å². The van der Waals surface area contributed by atoms with E-state index in [1.807, 2.05) is 12.1 Å². The van der Waals surface area contributed by atoms with Crippen LogP contribution in [0.2, 0.25) is 0 Å². The van der Waals surface area contributed by atoms with Crippen molar-refractivity contribution in [1.29, 1.82) is 0 Å². The smallest absolute Gasteiger partial charge is 0.229 e. The van der Waals surface area contributed by atoms with Gasteiger partial charge in [-0.05, 0) is 29.8 Å². The number of pyridine rings is 1. The van der Waals surface area contributed by atoms with Gasteiger partial charge in [-0.1, -0.05) is 60.7 Å². The number of fused-ring (bicyclic) bond motifs is 3. The second-order valence-electron chi connectivity index (χ2n) is 7.38. The molecule has 0 saturated heterocycles. The molecule has 5 aromatic rings. The maximum atomic E-state index is 5.28. The van der Waals surface area contributed by atoms with Crippen molar-refractivity contribution in [2.24, 2.45) is 0 Å². The zero-order chi connectivity index (χ0) is 20.3. The molecule has 5 rings (SSSR count). The second kappa shape index (κ2) is 9.19. The van der Waals surface area contributed by atoms with E-state index in [1.54, 1.807) is 7.11 Å². The molecule has 0 aliphatic rings. The first kappa shape index (κ1) is 20.9. The van der Waals surface area contributed by atoms with Gasteiger partial charge in [-0.3, -0.25) is 0 Å². The molecule has 0 spiro atoms. The Labute approximate surface area is 192 Å². The molecule has 0 aliphatic heterocycles. The van der Waals surface area contributed by atoms with E-state index in [0.717, 1.165) is 34.6 Å². The molecule has 0 fully saturated rings. The van der Waals surface area contributed by atoms with Gasteiger partial charge < -0.3 is 26.7 Å². The summed E-state index contributed by atoms with van der Waals surface area (Å²) in [5, 5.41) is 2.49. The van der Waals surface area contributed by atoms with Crippen LogP contribution in [-0.2, 0) is 6.54 Å². The van der Waals surface area contributed by atoms with E-state index in [-0.39, 0.29) is 17.0 Å². The number of nitrogens with zero attached hydrogens (tertiary/aromatic N) is 1. The number of aromatic nitrogens is 2. The van der Waals surface area contributed by atoms with Crippen LogP contribution in [0.3, 0.4) is 0 Å². The van der Waals surface area contributed by atoms with Gasteiger partial charge in [0.2, 0.25) is 5.69 Å². The summed E-state index contributed by atoms with van der Waals surface area (Å²) in [6.07, 6.45) is 6.53. The number of methoxy groups -OCH3 is 1. The van der Waals surface area contributed by atoms with E-state index in [4.69, 9.17) is 4.74 Å². The van der Waals surface area contributed by atoms with Gasteiger partial charge in [0.25, 0.3) is 0 Å². The van der Waals surface area contributed by atoms with Crippen molar-refractivity contribution in [3.63, 3.8) is 0 Å². The number of halogens is 1. The summed E-state index contributed by atoms with van der Waals surface area (Å²) in [5.41, 5.74) is 5.87. The minimum Gasteiger partial charge on any atom is -1.00 e. The highest BCUT2D eigenvalue weighted by Gasteiger charge is 2.17. The first-order valence-corrected chi connectivity index (χ1v) is 10.1. The zero-order valence-corrected chi connectivity index (χ0v) is 18.8. The molecule has 0 aliphatic carbocycles. The van der Waals surface area contributed by atoms with Gasteiger partial charge in [-0.15, -0.1) is 0 Å². The van der Waals surface area contributed by atoms with Crippen LogP contribution < -0.4 is 26.3 Å². The van der Waals surface area contributed by atoms with Gasteiger partial charge in [0.05, 0.1) is 7.11 Å². The molecular formula is C27H23BrN2O. The summed E-state index contributed by atoms with van der Waals surface area (Å²) in [5.74, 6) is 0.865. The molecule has 0 unspecified atom stereocenters. The van der Waals surface area contributed by atoms with Crippen LogP contribution in [0.5, 0.6) is 5.75 Å². The predicted molar refractivity (Wildman–Crippen MR) is 123 cm³/mol. The molecule has 4 heteroatoms. The number of ether oxygens (including phenoxy) is 1. The molecule has 154 valence electrons. The Balaban J connectivity index is 0.00000231. The lowest BCUT2D eigenvalue weighted by Crippen LogP contribution is -3.00. The number of hydrogen-bond donors (Lipinski definition) is 1. The molecule has 2 aromatic heterocycles. The van der Waals surface area contributed by atoms with Crippen LogP contribution in [0.15, 0.2) is 91.1 Å². The van der Waals surface area contributed by atoms with Crippen LogP contribution in [0.1, 0.15) is 16.8 Å². The number of aromatic amines is 1. The van der Waals surface area contributed by atoms with Crippen molar-refractivity contribution in [3.05, 3.63) is 108 Å². The first-order valence-electron chi connectivity index (χ1n) is 10.1. The Hall–Kier alpha value is -3.37. The number of nitrogens with one attached hydrogen (secondary N) is 1. The van der Waals surface area contributed by atoms with Crippen LogP contribution in [-0.4, -0.2) is 12.1 Å². The molecule has 2 heterocycles. The lowest BCUT2D eigenvalue weighted by molar-refractivity contribution is -0.688. The second-order valence-corrected chi connectivity index (χ2v) is 7.38. The lowest BCUT2D eigenvalue weighted by Gasteiger charge is -2.04. The van der Waals surface area contributed by atoms with E-state index in [2.05, 4.69) is 101 Å². The maximum absolute atomic E-state index is 5.28. The Kier molecular flexibility index (Phi) is 6.19. The standard InChI is InChI=1S/C27H22N2O.BrH/c1-30-22-14-11-20(12-15-22)13-16-26-27-24(23-9-5-6-10-25(23)28-27)17-18-29(26)19-21-7-3-2-4-8-21;/h2-18H,19H2,1H3;1H/b16-13+;. The third-order valence-electron chi connectivity index (χ3n) is 5.48. The fourth-order valence-corrected chi connectivity index (χ4v) is 3.91. The molecule has 0 radical (unpaired) electrons. The van der Waals surface area contributed by atoms with Gasteiger partial charge in [0.1, 0.15) is 11.3 Å². The van der Waals surface area contributed by atoms with Crippen molar-refractivity contribution >= 4 is 34.0 Å². The minimum absolute atomic E-state index is 0. The molecular weight excluding hydrogens is 448 g/mol. The highest BCUT2D eigenvalue weighted by molar-refractivity contribution is 6.08.